The van der Waals surface area contributed by atoms with Gasteiger partial charge in [0.1, 0.15) is 51.3 Å². The minimum atomic E-state index is -3.32. The van der Waals surface area contributed by atoms with Crippen LogP contribution in [0.1, 0.15) is 109 Å². The Morgan fingerprint density at radius 3 is 2.28 bits per heavy atom. The monoisotopic (exact) mass is 805 g/mol. The van der Waals surface area contributed by atoms with Crippen LogP contribution in [0.25, 0.3) is 33.3 Å². The first-order chi connectivity index (χ1) is 28.0. The van der Waals surface area contributed by atoms with Crippen LogP contribution in [0, 0.1) is 17.1 Å². The quantitative estimate of drug-likeness (QED) is 0.129. The van der Waals surface area contributed by atoms with Gasteiger partial charge in [0.15, 0.2) is 0 Å². The molecule has 1 aliphatic heterocycles. The number of esters is 1. The van der Waals surface area contributed by atoms with E-state index in [-0.39, 0.29) is 51.2 Å². The van der Waals surface area contributed by atoms with Crippen molar-refractivity contribution >= 4 is 28.9 Å². The number of likely N-dealkylation sites (N-methyl/N-ethyl adjacent to an activating group) is 1. The third-order valence-electron chi connectivity index (χ3n) is 9.15. The summed E-state index contributed by atoms with van der Waals surface area (Å²) in [5.41, 5.74) is -10.4. The Balaban J connectivity index is 1.73. The molecule has 1 fully saturated rings. The maximum Gasteiger partial charge on any atom is 0.438 e. The van der Waals surface area contributed by atoms with Crippen LogP contribution in [0.15, 0.2) is 29.3 Å². The molecule has 308 valence electrons. The average Bonchev–Trinajstić information content (AvgIpc) is 3.72. The second kappa shape index (κ2) is 14.2. The minimum absolute atomic E-state index is 0.00580. The second-order valence-corrected chi connectivity index (χ2v) is 17.3. The summed E-state index contributed by atoms with van der Waals surface area (Å²) in [7, 11) is 1.45. The molecule has 18 heteroatoms. The molecule has 3 aromatic heterocycles. The van der Waals surface area contributed by atoms with E-state index in [0.29, 0.717) is 17.5 Å². The molecule has 0 bridgehead atoms. The number of aryl methyl sites for hydroxylation is 1. The van der Waals surface area contributed by atoms with Crippen LogP contribution in [0.5, 0.6) is 5.75 Å². The van der Waals surface area contributed by atoms with Gasteiger partial charge in [0.2, 0.25) is 5.66 Å². The fourth-order valence-electron chi connectivity index (χ4n) is 6.61. The van der Waals surface area contributed by atoms with Crippen molar-refractivity contribution in [2.75, 3.05) is 6.98 Å². The van der Waals surface area contributed by atoms with E-state index in [4.69, 9.17) is 23.1 Å². The highest BCUT2D eigenvalue weighted by Gasteiger charge is 2.52. The number of benzene rings is 1. The number of aliphatic hydroxyl groups excluding tert-OH is 1. The summed E-state index contributed by atoms with van der Waals surface area (Å²) in [6, 6.07) is 4.37. The SMILES string of the molecule is [2H]C([2H])([2H])NC(NC(=O)OC(C)(C)C)(C(=O)OC(C)(C)C)c1nc(-c2cnn(C)c2-c2c(F)cc3c(c2C#N)OC2(CC2)CC3O)cc2cnn(C(=O)OC(C)(C)C)c(=O)c12. The molecule has 1 saturated carbocycles. The predicted molar refractivity (Wildman–Crippen MR) is 206 cm³/mol. The molecule has 3 N–H and O–H groups in total. The number of amides is 1. The van der Waals surface area contributed by atoms with Gasteiger partial charge in [-0.15, -0.1) is 4.68 Å². The van der Waals surface area contributed by atoms with Crippen molar-refractivity contribution in [3.63, 3.8) is 0 Å². The minimum Gasteiger partial charge on any atom is -0.485 e. The van der Waals surface area contributed by atoms with Gasteiger partial charge in [-0.3, -0.25) is 20.1 Å². The summed E-state index contributed by atoms with van der Waals surface area (Å²) in [5.74, 6) is -2.42. The summed E-state index contributed by atoms with van der Waals surface area (Å²) in [5, 5.41) is 33.5. The lowest BCUT2D eigenvalue weighted by Crippen LogP contribution is -2.63. The molecule has 2 unspecified atom stereocenters. The molecule has 1 aromatic carbocycles. The molecule has 58 heavy (non-hydrogen) atoms. The van der Waals surface area contributed by atoms with Gasteiger partial charge >= 0.3 is 18.2 Å². The maximum absolute atomic E-state index is 16.5. The third-order valence-corrected chi connectivity index (χ3v) is 9.15. The van der Waals surface area contributed by atoms with Crippen molar-refractivity contribution < 1.29 is 46.9 Å². The van der Waals surface area contributed by atoms with Crippen LogP contribution in [0.3, 0.4) is 0 Å². The van der Waals surface area contributed by atoms with Crippen LogP contribution in [0.4, 0.5) is 14.0 Å². The van der Waals surface area contributed by atoms with Crippen molar-refractivity contribution in [2.45, 2.75) is 116 Å². The van der Waals surface area contributed by atoms with Gasteiger partial charge in [0.05, 0.1) is 40.8 Å². The Kier molecular flexibility index (Phi) is 9.19. The van der Waals surface area contributed by atoms with Crippen molar-refractivity contribution in [1.82, 2.24) is 35.2 Å². The number of aliphatic hydroxyl groups is 1. The Morgan fingerprint density at radius 1 is 1.03 bits per heavy atom. The third kappa shape index (κ3) is 7.83. The van der Waals surface area contributed by atoms with Gasteiger partial charge in [0.25, 0.3) is 5.56 Å². The smallest absolute Gasteiger partial charge is 0.438 e. The number of carbonyl (C=O) groups excluding carboxylic acids is 3. The van der Waals surface area contributed by atoms with E-state index >= 15 is 4.39 Å². The largest absolute Gasteiger partial charge is 0.485 e. The van der Waals surface area contributed by atoms with Gasteiger partial charge in [-0.05, 0) is 94.3 Å². The molecule has 0 radical (unpaired) electrons. The number of hydrogen-bond donors (Lipinski definition) is 3. The van der Waals surface area contributed by atoms with E-state index in [0.717, 1.165) is 12.3 Å². The molecule has 1 aliphatic carbocycles. The molecule has 4 aromatic rings. The highest BCUT2D eigenvalue weighted by molar-refractivity contribution is 5.97. The number of ether oxygens (including phenoxy) is 4. The summed E-state index contributed by atoms with van der Waals surface area (Å²) in [6.07, 6.45) is 0.0209. The number of alkyl carbamates (subject to hydrolysis) is 1. The highest BCUT2D eigenvalue weighted by Crippen LogP contribution is 2.54. The number of fused-ring (bicyclic) bond motifs is 2. The number of carbonyl (C=O) groups is 3. The fourth-order valence-corrected chi connectivity index (χ4v) is 6.61. The lowest BCUT2D eigenvalue weighted by atomic mass is 9.90. The molecule has 1 spiro atoms. The standard InChI is InChI=1S/C40H47FN8O9/c1-36(2,3)56-33(52)40(43-10,47-34(53)57-37(4,5)6)31-27-20(18-45-49(32(27)51)35(54)58-38(7,8)9)14-25(46-31)23-19-44-48(11)29(23)28-22(17-42)30-21(15-24(28)41)26(50)16-39(55-30)12-13-39/h14-15,18-19,26,43,50H,12-13,16H2,1-11H3,(H,47,53)/i10D3. The number of halogens is 1. The Morgan fingerprint density at radius 2 is 1.69 bits per heavy atom. The molecule has 6 rings (SSSR count). The maximum atomic E-state index is 16.5. The molecule has 2 atom stereocenters. The topological polar surface area (TPSA) is 222 Å². The van der Waals surface area contributed by atoms with Crippen LogP contribution in [-0.2, 0) is 31.7 Å². The molecule has 2 aliphatic rings. The Labute approximate surface area is 337 Å². The van der Waals surface area contributed by atoms with E-state index in [9.17, 15) is 29.5 Å². The Hall–Kier alpha value is -5.93. The van der Waals surface area contributed by atoms with Crippen molar-refractivity contribution in [2.24, 2.45) is 7.05 Å². The zero-order chi connectivity index (χ0) is 45.4. The van der Waals surface area contributed by atoms with Crippen LogP contribution in [0.2, 0.25) is 0 Å². The zero-order valence-electron chi connectivity index (χ0n) is 36.8. The van der Waals surface area contributed by atoms with E-state index in [1.165, 1.54) is 65.5 Å². The number of aromatic nitrogens is 5. The predicted octanol–water partition coefficient (Wildman–Crippen LogP) is 5.24. The summed E-state index contributed by atoms with van der Waals surface area (Å²) >= 11 is 0. The number of rotatable bonds is 6. The summed E-state index contributed by atoms with van der Waals surface area (Å²) < 4.78 is 65.9. The van der Waals surface area contributed by atoms with E-state index in [1.54, 1.807) is 20.8 Å². The van der Waals surface area contributed by atoms with Crippen LogP contribution in [-0.4, -0.2) is 77.2 Å². The number of hydrogen-bond acceptors (Lipinski definition) is 14. The Bertz CT molecular complexity index is 2580. The summed E-state index contributed by atoms with van der Waals surface area (Å²) in [6.45, 7) is 10.2. The van der Waals surface area contributed by atoms with Crippen molar-refractivity contribution in [1.29, 1.82) is 5.26 Å². The lowest BCUT2D eigenvalue weighted by molar-refractivity contribution is -0.165. The molecule has 17 nitrogen and oxygen atoms in total. The normalized spacial score (nSPS) is 18.1. The van der Waals surface area contributed by atoms with Crippen LogP contribution < -0.4 is 20.9 Å². The van der Waals surface area contributed by atoms with Gasteiger partial charge in [0, 0.05) is 34.1 Å². The van der Waals surface area contributed by atoms with Gasteiger partial charge in [-0.25, -0.2) is 23.8 Å². The number of nitrogens with one attached hydrogen (secondary N) is 2. The molecule has 4 heterocycles. The van der Waals surface area contributed by atoms with E-state index in [1.807, 2.05) is 6.07 Å². The molecule has 0 saturated heterocycles. The molecular weight excluding hydrogens is 755 g/mol. The highest BCUT2D eigenvalue weighted by atomic mass is 19.1. The molecule has 1 amide bonds. The lowest BCUT2D eigenvalue weighted by Gasteiger charge is -2.35. The average molecular weight is 806 g/mol. The number of pyridine rings is 1. The molecular formula is C40H47FN8O9. The number of nitrogens with zero attached hydrogens (tertiary/aromatic N) is 6. The first kappa shape index (κ1) is 37.6. The van der Waals surface area contributed by atoms with Crippen LogP contribution >= 0.6 is 0 Å². The van der Waals surface area contributed by atoms with Gasteiger partial charge in [-0.1, -0.05) is 0 Å². The van der Waals surface area contributed by atoms with Crippen molar-refractivity contribution in [3.05, 3.63) is 57.5 Å². The first-order valence-electron chi connectivity index (χ1n) is 19.8. The second-order valence-electron chi connectivity index (χ2n) is 17.3. The van der Waals surface area contributed by atoms with E-state index < -0.39 is 81.8 Å². The number of nitriles is 1. The zero-order valence-corrected chi connectivity index (χ0v) is 33.8. The van der Waals surface area contributed by atoms with Gasteiger partial charge < -0.3 is 24.1 Å². The summed E-state index contributed by atoms with van der Waals surface area (Å²) in [4.78, 5) is 61.1. The first-order valence-corrected chi connectivity index (χ1v) is 18.3. The van der Waals surface area contributed by atoms with Crippen molar-refractivity contribution in [3.8, 4) is 34.3 Å². The van der Waals surface area contributed by atoms with E-state index in [2.05, 4.69) is 25.8 Å². The van der Waals surface area contributed by atoms with Gasteiger partial charge in [-0.2, -0.15) is 15.5 Å². The fraction of sp³-hybridized carbons (Fsp3) is 0.500.